The smallest absolute Gasteiger partial charge is 0.257 e. The number of nitrogen functional groups attached to an aromatic ring is 1. The van der Waals surface area contributed by atoms with E-state index in [9.17, 15) is 4.79 Å². The van der Waals surface area contributed by atoms with Crippen LogP contribution >= 0.6 is 11.3 Å². The van der Waals surface area contributed by atoms with E-state index in [0.29, 0.717) is 48.0 Å². The predicted molar refractivity (Wildman–Crippen MR) is 168 cm³/mol. The van der Waals surface area contributed by atoms with Gasteiger partial charge < -0.3 is 34.6 Å². The van der Waals surface area contributed by atoms with Crippen LogP contribution < -0.4 is 25.0 Å². The lowest BCUT2D eigenvalue weighted by molar-refractivity contribution is -0.759. The van der Waals surface area contributed by atoms with Crippen LogP contribution in [0.3, 0.4) is 0 Å². The molecule has 6 aromatic rings. The molecule has 1 saturated heterocycles. The Kier molecular flexibility index (Phi) is 7.20. The molecule has 0 spiro atoms. The van der Waals surface area contributed by atoms with E-state index in [0.717, 1.165) is 33.2 Å². The fraction of sp³-hybridized carbons (Fsp3) is 0.188. The zero-order valence-corrected chi connectivity index (χ0v) is 24.8. The second-order valence-corrected chi connectivity index (χ2v) is 11.1. The minimum absolute atomic E-state index is 0.0693. The largest absolute Gasteiger partial charge is 0.583 e. The van der Waals surface area contributed by atoms with E-state index < -0.39 is 5.91 Å². The molecule has 0 aliphatic carbocycles. The van der Waals surface area contributed by atoms with Crippen LogP contribution in [0.15, 0.2) is 77.4 Å². The van der Waals surface area contributed by atoms with Crippen LogP contribution in [0.2, 0.25) is 0 Å². The lowest BCUT2D eigenvalue weighted by Gasteiger charge is -2.18. The zero-order valence-electron chi connectivity index (χ0n) is 24.0. The molecule has 1 aliphatic rings. The molecule has 1 amide bonds. The number of methoxy groups -OCH3 is 2. The zero-order chi connectivity index (χ0) is 30.2. The molecule has 222 valence electrons. The third-order valence-electron chi connectivity index (χ3n) is 7.59. The van der Waals surface area contributed by atoms with E-state index in [1.807, 2.05) is 53.5 Å². The molecule has 0 atom stereocenters. The van der Waals surface area contributed by atoms with Gasteiger partial charge in [-0.1, -0.05) is 42.5 Å². The maximum atomic E-state index is 13.5. The van der Waals surface area contributed by atoms with E-state index >= 15 is 0 Å². The Morgan fingerprint density at radius 3 is 2.64 bits per heavy atom. The first-order valence-electron chi connectivity index (χ1n) is 14.0. The number of nitrogens with zero attached hydrogens (tertiary/aromatic N) is 5. The van der Waals surface area contributed by atoms with Gasteiger partial charge in [0.05, 0.1) is 61.6 Å². The first kappa shape index (κ1) is 27.6. The third-order valence-corrected chi connectivity index (χ3v) is 8.68. The topological polar surface area (TPSA) is 131 Å². The number of anilines is 1. The van der Waals surface area contributed by atoms with Gasteiger partial charge in [-0.15, -0.1) is 16.3 Å². The van der Waals surface area contributed by atoms with Gasteiger partial charge in [-0.2, -0.15) is 0 Å². The van der Waals surface area contributed by atoms with Crippen LogP contribution in [-0.2, 0) is 4.74 Å². The van der Waals surface area contributed by atoms with Gasteiger partial charge in [-0.3, -0.25) is 0 Å². The average Bonchev–Trinajstić information content (AvgIpc) is 3.68. The SMILES string of the molecule is COc1ccc(-c2cc(-c3cccc4ccccc34)nc3sc(C(=O)[N-]c4c[n+](N5CCOCC5)no4)c(N)c23)c(OC)c1. The quantitative estimate of drug-likeness (QED) is 0.234. The van der Waals surface area contributed by atoms with Crippen molar-refractivity contribution in [1.82, 2.24) is 10.3 Å². The molecule has 1 aliphatic heterocycles. The minimum Gasteiger partial charge on any atom is -0.583 e. The molecule has 0 saturated carbocycles. The average molecular weight is 609 g/mol. The third kappa shape index (κ3) is 4.93. The van der Waals surface area contributed by atoms with Crippen molar-refractivity contribution in [3.8, 4) is 33.9 Å². The maximum Gasteiger partial charge on any atom is 0.257 e. The Morgan fingerprint density at radius 2 is 1.82 bits per heavy atom. The van der Waals surface area contributed by atoms with Crippen LogP contribution in [0.4, 0.5) is 11.6 Å². The van der Waals surface area contributed by atoms with Gasteiger partial charge in [0.2, 0.25) is 5.27 Å². The van der Waals surface area contributed by atoms with Gasteiger partial charge in [0.25, 0.3) is 6.20 Å². The normalized spacial score (nSPS) is 13.4. The molecule has 3 aromatic heterocycles. The van der Waals surface area contributed by atoms with Crippen LogP contribution in [0, 0.1) is 0 Å². The first-order valence-corrected chi connectivity index (χ1v) is 14.8. The van der Waals surface area contributed by atoms with Crippen molar-refractivity contribution in [3.63, 3.8) is 0 Å². The monoisotopic (exact) mass is 608 g/mol. The Bertz CT molecular complexity index is 2010. The van der Waals surface area contributed by atoms with Gasteiger partial charge in [-0.05, 0) is 34.5 Å². The maximum absolute atomic E-state index is 13.5. The number of benzene rings is 3. The van der Waals surface area contributed by atoms with Crippen LogP contribution in [0.25, 0.3) is 48.7 Å². The molecule has 7 rings (SSSR count). The molecule has 11 nitrogen and oxygen atoms in total. The summed E-state index contributed by atoms with van der Waals surface area (Å²) in [5, 5.41) is 12.9. The van der Waals surface area contributed by atoms with E-state index in [-0.39, 0.29) is 16.4 Å². The lowest BCUT2D eigenvalue weighted by Crippen LogP contribution is -2.62. The van der Waals surface area contributed by atoms with Gasteiger partial charge in [0.1, 0.15) is 28.1 Å². The molecule has 1 fully saturated rings. The summed E-state index contributed by atoms with van der Waals surface area (Å²) in [5.74, 6) is 0.771. The molecule has 0 radical (unpaired) electrons. The molecule has 3 aromatic carbocycles. The number of ether oxygens (including phenoxy) is 3. The summed E-state index contributed by atoms with van der Waals surface area (Å²) in [5.41, 5.74) is 10.3. The molecular formula is C32H28N6O5S. The first-order chi connectivity index (χ1) is 21.5. The number of amides is 1. The fourth-order valence-corrected chi connectivity index (χ4v) is 6.43. The van der Waals surface area contributed by atoms with Crippen molar-refractivity contribution in [2.24, 2.45) is 0 Å². The van der Waals surface area contributed by atoms with Crippen molar-refractivity contribution in [1.29, 1.82) is 0 Å². The summed E-state index contributed by atoms with van der Waals surface area (Å²) in [6, 6.07) is 21.9. The van der Waals surface area contributed by atoms with Crippen LogP contribution in [0.1, 0.15) is 9.67 Å². The number of pyridine rings is 1. The molecule has 0 bridgehead atoms. The van der Waals surface area contributed by atoms with E-state index in [2.05, 4.69) is 28.8 Å². The standard InChI is InChI=1S/C32H28N6O5S/c1-40-20-10-11-23(26(16-20)41-2)24-17-25(22-9-5-7-19-6-3-4-8-21(19)22)34-32-28(24)29(33)30(44-32)31(39)35-27-18-38(36-43-27)37-12-14-42-15-13-37/h3-11,16-18H,12-15H2,1-2H3,(H2-,33,35,36,39). The highest BCUT2D eigenvalue weighted by Crippen LogP contribution is 2.45. The van der Waals surface area contributed by atoms with Crippen LogP contribution in [0.5, 0.6) is 11.5 Å². The summed E-state index contributed by atoms with van der Waals surface area (Å²) in [6.45, 7) is 2.46. The summed E-state index contributed by atoms with van der Waals surface area (Å²) < 4.78 is 22.0. The minimum atomic E-state index is -0.546. The number of hydrogen-bond acceptors (Lipinski definition) is 10. The summed E-state index contributed by atoms with van der Waals surface area (Å²) in [7, 11) is 3.21. The highest BCUT2D eigenvalue weighted by atomic mass is 32.1. The Morgan fingerprint density at radius 1 is 1.00 bits per heavy atom. The summed E-state index contributed by atoms with van der Waals surface area (Å²) in [6.07, 6.45) is 1.57. The Balaban J connectivity index is 1.35. The highest BCUT2D eigenvalue weighted by molar-refractivity contribution is 7.21. The van der Waals surface area contributed by atoms with Gasteiger partial charge in [0, 0.05) is 22.6 Å². The van der Waals surface area contributed by atoms with Crippen LogP contribution in [-0.4, -0.2) is 56.7 Å². The van der Waals surface area contributed by atoms with Crippen molar-refractivity contribution in [3.05, 3.63) is 83.1 Å². The predicted octanol–water partition coefficient (Wildman–Crippen LogP) is 5.47. The van der Waals surface area contributed by atoms with E-state index in [4.69, 9.17) is 29.5 Å². The summed E-state index contributed by atoms with van der Waals surface area (Å²) in [4.78, 5) is 21.0. The molecule has 2 N–H and O–H groups in total. The number of rotatable bonds is 7. The van der Waals surface area contributed by atoms with E-state index in [1.54, 1.807) is 20.4 Å². The second-order valence-electron chi connectivity index (χ2n) is 10.1. The number of carbonyl (C=O) groups excluding carboxylic acids is 1. The second kappa shape index (κ2) is 11.5. The molecule has 44 heavy (non-hydrogen) atoms. The number of aromatic nitrogens is 3. The summed E-state index contributed by atoms with van der Waals surface area (Å²) >= 11 is 1.19. The van der Waals surface area contributed by atoms with Crippen molar-refractivity contribution in [2.75, 3.05) is 51.3 Å². The highest BCUT2D eigenvalue weighted by Gasteiger charge is 2.24. The van der Waals surface area contributed by atoms with Crippen molar-refractivity contribution in [2.45, 2.75) is 0 Å². The lowest BCUT2D eigenvalue weighted by atomic mass is 9.96. The van der Waals surface area contributed by atoms with Gasteiger partial charge >= 0.3 is 0 Å². The van der Waals surface area contributed by atoms with Gasteiger partial charge in [-0.25, -0.2) is 4.98 Å². The molecule has 0 unspecified atom stereocenters. The fourth-order valence-electron chi connectivity index (χ4n) is 5.42. The Labute approximate surface area is 256 Å². The van der Waals surface area contributed by atoms with Crippen molar-refractivity contribution >= 4 is 49.8 Å². The molecule has 12 heteroatoms. The number of morpholine rings is 1. The number of carbonyl (C=O) groups is 1. The number of fused-ring (bicyclic) bond motifs is 2. The van der Waals surface area contributed by atoms with Gasteiger partial charge in [0.15, 0.2) is 0 Å². The van der Waals surface area contributed by atoms with Crippen molar-refractivity contribution < 1.29 is 28.3 Å². The molecular weight excluding hydrogens is 580 g/mol. The number of nitrogens with two attached hydrogens (primary N) is 1. The number of thiophene rings is 1. The Hall–Kier alpha value is -5.20. The van der Waals surface area contributed by atoms with E-state index in [1.165, 1.54) is 16.1 Å². The number of hydrogen-bond donors (Lipinski definition) is 1. The molecule has 4 heterocycles.